The maximum Gasteiger partial charge on any atom is 0.228 e. The molecule has 1 N–H and O–H groups in total. The summed E-state index contributed by atoms with van der Waals surface area (Å²) < 4.78 is 18.5. The minimum atomic E-state index is -0.311. The maximum atomic E-state index is 12.9. The smallest absolute Gasteiger partial charge is 0.228 e. The van der Waals surface area contributed by atoms with Gasteiger partial charge < -0.3 is 10.1 Å². The molecule has 0 radical (unpaired) electrons. The Labute approximate surface area is 167 Å². The van der Waals surface area contributed by atoms with Crippen LogP contribution in [0.25, 0.3) is 0 Å². The molecule has 27 heavy (non-hydrogen) atoms. The molecule has 3 nitrogen and oxygen atoms in total. The van der Waals surface area contributed by atoms with Gasteiger partial charge in [0.2, 0.25) is 5.91 Å². The van der Waals surface area contributed by atoms with Crippen LogP contribution in [0.15, 0.2) is 71.6 Å². The summed E-state index contributed by atoms with van der Waals surface area (Å²) in [7, 11) is 0. The highest BCUT2D eigenvalue weighted by atomic mass is 35.5. The number of hydrogen-bond acceptors (Lipinski definition) is 3. The lowest BCUT2D eigenvalue weighted by molar-refractivity contribution is -0.115. The molecule has 0 aliphatic heterocycles. The monoisotopic (exact) mass is 401 g/mol. The Morgan fingerprint density at radius 1 is 1.04 bits per heavy atom. The van der Waals surface area contributed by atoms with Crippen LogP contribution in [0, 0.1) is 5.82 Å². The molecule has 0 aromatic heterocycles. The highest BCUT2D eigenvalue weighted by Crippen LogP contribution is 2.22. The van der Waals surface area contributed by atoms with Crippen molar-refractivity contribution in [2.45, 2.75) is 17.9 Å². The number of thiol groups is 1. The van der Waals surface area contributed by atoms with Crippen molar-refractivity contribution in [1.82, 2.24) is 0 Å². The van der Waals surface area contributed by atoms with Gasteiger partial charge in [-0.3, -0.25) is 4.79 Å². The standard InChI is InChI=1S/C21H17ClFNO2S/c22-19-4-2-1-3-14(19)11-21(25)24-17-8-5-15(20(27)12-17)13-26-18-9-6-16(23)7-10-18/h1-10,12,27H,11,13H2,(H,24,25). The van der Waals surface area contributed by atoms with E-state index in [-0.39, 0.29) is 24.8 Å². The zero-order valence-electron chi connectivity index (χ0n) is 14.3. The number of nitrogens with one attached hydrogen (secondary N) is 1. The van der Waals surface area contributed by atoms with Gasteiger partial charge in [0.1, 0.15) is 18.2 Å². The normalized spacial score (nSPS) is 10.5. The van der Waals surface area contributed by atoms with Crippen molar-refractivity contribution in [1.29, 1.82) is 0 Å². The number of anilines is 1. The van der Waals surface area contributed by atoms with Crippen LogP contribution in [0.5, 0.6) is 5.75 Å². The number of hydrogen-bond donors (Lipinski definition) is 2. The quantitative estimate of drug-likeness (QED) is 0.533. The van der Waals surface area contributed by atoms with Crippen LogP contribution in [0.2, 0.25) is 5.02 Å². The second-order valence-electron chi connectivity index (χ2n) is 5.90. The maximum absolute atomic E-state index is 12.9. The molecule has 6 heteroatoms. The lowest BCUT2D eigenvalue weighted by atomic mass is 10.1. The number of rotatable bonds is 6. The van der Waals surface area contributed by atoms with E-state index in [0.717, 1.165) is 11.1 Å². The fourth-order valence-corrected chi connectivity index (χ4v) is 2.96. The van der Waals surface area contributed by atoms with Crippen molar-refractivity contribution < 1.29 is 13.9 Å². The topological polar surface area (TPSA) is 38.3 Å². The summed E-state index contributed by atoms with van der Waals surface area (Å²) in [5.74, 6) is 0.0986. The molecule has 0 saturated carbocycles. The van der Waals surface area contributed by atoms with Gasteiger partial charge in [0.05, 0.1) is 6.42 Å². The summed E-state index contributed by atoms with van der Waals surface area (Å²) in [6, 6.07) is 18.4. The van der Waals surface area contributed by atoms with Crippen molar-refractivity contribution in [2.75, 3.05) is 5.32 Å². The van der Waals surface area contributed by atoms with Gasteiger partial charge in [-0.25, -0.2) is 4.39 Å². The Bertz CT molecular complexity index is 947. The van der Waals surface area contributed by atoms with Crippen molar-refractivity contribution in [2.24, 2.45) is 0 Å². The van der Waals surface area contributed by atoms with Crippen molar-refractivity contribution in [3.05, 3.63) is 88.7 Å². The third-order valence-electron chi connectivity index (χ3n) is 3.89. The summed E-state index contributed by atoms with van der Waals surface area (Å²) in [5, 5.41) is 3.40. The van der Waals surface area contributed by atoms with E-state index in [0.29, 0.717) is 21.4 Å². The molecule has 0 unspecified atom stereocenters. The Morgan fingerprint density at radius 3 is 2.48 bits per heavy atom. The van der Waals surface area contributed by atoms with E-state index in [1.54, 1.807) is 30.3 Å². The fraction of sp³-hybridized carbons (Fsp3) is 0.0952. The number of carbonyl (C=O) groups excluding carboxylic acids is 1. The van der Waals surface area contributed by atoms with Gasteiger partial charge in [0.25, 0.3) is 0 Å². The Hall–Kier alpha value is -2.50. The number of amides is 1. The predicted octanol–water partition coefficient (Wildman–Crippen LogP) is 5.53. The predicted molar refractivity (Wildman–Crippen MR) is 108 cm³/mol. The molecule has 3 aromatic rings. The molecule has 138 valence electrons. The molecule has 0 spiro atoms. The molecular weight excluding hydrogens is 385 g/mol. The van der Waals surface area contributed by atoms with Crippen molar-refractivity contribution >= 4 is 35.8 Å². The highest BCUT2D eigenvalue weighted by molar-refractivity contribution is 7.80. The first-order valence-corrected chi connectivity index (χ1v) is 9.07. The van der Waals surface area contributed by atoms with Gasteiger partial charge in [-0.1, -0.05) is 35.9 Å². The summed E-state index contributed by atoms with van der Waals surface area (Å²) in [6.07, 6.45) is 0.191. The summed E-state index contributed by atoms with van der Waals surface area (Å²) >= 11 is 10.5. The van der Waals surface area contributed by atoms with Crippen molar-refractivity contribution in [3.8, 4) is 5.75 Å². The summed E-state index contributed by atoms with van der Waals surface area (Å²) in [4.78, 5) is 12.9. The van der Waals surface area contributed by atoms with Crippen LogP contribution >= 0.6 is 24.2 Å². The third kappa shape index (κ3) is 5.49. The lowest BCUT2D eigenvalue weighted by Gasteiger charge is -2.11. The van der Waals surface area contributed by atoms with Crippen LogP contribution in [-0.4, -0.2) is 5.91 Å². The van der Waals surface area contributed by atoms with E-state index in [9.17, 15) is 9.18 Å². The third-order valence-corrected chi connectivity index (χ3v) is 4.67. The molecule has 3 rings (SSSR count). The molecule has 0 saturated heterocycles. The Kier molecular flexibility index (Phi) is 6.37. The van der Waals surface area contributed by atoms with Gasteiger partial charge in [-0.15, -0.1) is 12.6 Å². The number of ether oxygens (including phenoxy) is 1. The van der Waals surface area contributed by atoms with Crippen LogP contribution < -0.4 is 10.1 Å². The Balaban J connectivity index is 1.59. The molecule has 1 amide bonds. The molecule has 0 aliphatic carbocycles. The number of benzene rings is 3. The van der Waals surface area contributed by atoms with E-state index >= 15 is 0 Å². The largest absolute Gasteiger partial charge is 0.489 e. The van der Waals surface area contributed by atoms with Gasteiger partial charge in [-0.05, 0) is 48.0 Å². The highest BCUT2D eigenvalue weighted by Gasteiger charge is 2.09. The second kappa shape index (κ2) is 8.93. The van der Waals surface area contributed by atoms with E-state index in [4.69, 9.17) is 16.3 Å². The number of halogens is 2. The first-order valence-electron chi connectivity index (χ1n) is 8.25. The first-order chi connectivity index (χ1) is 13.0. The molecular formula is C21H17ClFNO2S. The van der Waals surface area contributed by atoms with Crippen LogP contribution in [0.4, 0.5) is 10.1 Å². The van der Waals surface area contributed by atoms with Gasteiger partial charge in [-0.2, -0.15) is 0 Å². The minimum Gasteiger partial charge on any atom is -0.489 e. The van der Waals surface area contributed by atoms with Gasteiger partial charge >= 0.3 is 0 Å². The molecule has 0 bridgehead atoms. The Morgan fingerprint density at radius 2 is 1.78 bits per heavy atom. The van der Waals surface area contributed by atoms with Crippen LogP contribution in [0.1, 0.15) is 11.1 Å². The average Bonchev–Trinajstić information content (AvgIpc) is 2.64. The van der Waals surface area contributed by atoms with E-state index in [1.807, 2.05) is 24.3 Å². The molecule has 0 heterocycles. The molecule has 3 aromatic carbocycles. The first kappa shape index (κ1) is 19.3. The lowest BCUT2D eigenvalue weighted by Crippen LogP contribution is -2.14. The molecule has 0 aliphatic rings. The van der Waals surface area contributed by atoms with Crippen LogP contribution in [0.3, 0.4) is 0 Å². The zero-order valence-corrected chi connectivity index (χ0v) is 15.9. The molecule has 0 atom stereocenters. The average molecular weight is 402 g/mol. The van der Waals surface area contributed by atoms with Gasteiger partial charge in [0, 0.05) is 21.2 Å². The van der Waals surface area contributed by atoms with Crippen molar-refractivity contribution in [3.63, 3.8) is 0 Å². The van der Waals surface area contributed by atoms with E-state index < -0.39 is 0 Å². The van der Waals surface area contributed by atoms with E-state index in [2.05, 4.69) is 17.9 Å². The van der Waals surface area contributed by atoms with E-state index in [1.165, 1.54) is 12.1 Å². The number of carbonyl (C=O) groups is 1. The summed E-state index contributed by atoms with van der Waals surface area (Å²) in [5.41, 5.74) is 2.27. The molecule has 0 fully saturated rings. The SMILES string of the molecule is O=C(Cc1ccccc1Cl)Nc1ccc(COc2ccc(F)cc2)c(S)c1. The van der Waals surface area contributed by atoms with Crippen LogP contribution in [-0.2, 0) is 17.8 Å². The van der Waals surface area contributed by atoms with Gasteiger partial charge in [0.15, 0.2) is 0 Å². The summed E-state index contributed by atoms with van der Waals surface area (Å²) in [6.45, 7) is 0.290. The zero-order chi connectivity index (χ0) is 19.2. The minimum absolute atomic E-state index is 0.161. The second-order valence-corrected chi connectivity index (χ2v) is 6.79. The fourth-order valence-electron chi connectivity index (χ4n) is 2.48.